The molecule has 1 aromatic heterocycles. The monoisotopic (exact) mass is 246 g/mol. The molecule has 1 N–H and O–H groups in total. The molecule has 3 nitrogen and oxygen atoms in total. The van der Waals surface area contributed by atoms with Crippen molar-refractivity contribution in [1.82, 2.24) is 10.2 Å². The summed E-state index contributed by atoms with van der Waals surface area (Å²) >= 11 is 1.57. The van der Waals surface area contributed by atoms with Gasteiger partial charge in [0.05, 0.1) is 5.56 Å². The van der Waals surface area contributed by atoms with E-state index in [1.807, 2.05) is 28.8 Å². The van der Waals surface area contributed by atoms with Crippen molar-refractivity contribution < 1.29 is 4.79 Å². The first kappa shape index (κ1) is 12.5. The highest BCUT2D eigenvalue weighted by molar-refractivity contribution is 7.08. The summed E-state index contributed by atoms with van der Waals surface area (Å²) in [6.07, 6.45) is 1.06. The second-order valence-electron chi connectivity index (χ2n) is 3.54. The highest BCUT2D eigenvalue weighted by Crippen LogP contribution is 2.15. The van der Waals surface area contributed by atoms with Gasteiger partial charge in [-0.2, -0.15) is 11.3 Å². The summed E-state index contributed by atoms with van der Waals surface area (Å²) in [5.41, 5.74) is 0.826. The number of hydrogen-bond donors (Lipinski definition) is 1. The van der Waals surface area contributed by atoms with Crippen LogP contribution in [0.4, 0.5) is 0 Å². The van der Waals surface area contributed by atoms with Crippen LogP contribution in [0.3, 0.4) is 0 Å². The standard InChI is InChI=1S/C10H14N2OS.ClH/c1-11-9-2-4-12(6-9)10(13)8-3-5-14-7-8;/h3,5,7,9,11H,2,4,6H2,1H3;1H. The molecule has 0 aromatic carbocycles. The Morgan fingerprint density at radius 1 is 1.67 bits per heavy atom. The average Bonchev–Trinajstić information content (AvgIpc) is 2.88. The maximum Gasteiger partial charge on any atom is 0.254 e. The van der Waals surface area contributed by atoms with E-state index in [0.29, 0.717) is 6.04 Å². The molecule has 1 fully saturated rings. The molecular weight excluding hydrogens is 232 g/mol. The van der Waals surface area contributed by atoms with Crippen molar-refractivity contribution >= 4 is 29.7 Å². The van der Waals surface area contributed by atoms with Crippen molar-refractivity contribution in [3.05, 3.63) is 22.4 Å². The zero-order valence-electron chi connectivity index (χ0n) is 8.60. The molecule has 84 valence electrons. The molecule has 1 aliphatic rings. The van der Waals surface area contributed by atoms with Gasteiger partial charge in [-0.25, -0.2) is 0 Å². The van der Waals surface area contributed by atoms with Crippen LogP contribution in [0, 0.1) is 0 Å². The number of halogens is 1. The lowest BCUT2D eigenvalue weighted by molar-refractivity contribution is 0.0790. The quantitative estimate of drug-likeness (QED) is 0.860. The van der Waals surface area contributed by atoms with Crippen molar-refractivity contribution in [2.75, 3.05) is 20.1 Å². The maximum atomic E-state index is 11.9. The van der Waals surface area contributed by atoms with Crippen LogP contribution in [0.15, 0.2) is 16.8 Å². The van der Waals surface area contributed by atoms with Crippen molar-refractivity contribution in [1.29, 1.82) is 0 Å². The Kier molecular flexibility index (Phi) is 4.57. The van der Waals surface area contributed by atoms with Crippen molar-refractivity contribution in [3.63, 3.8) is 0 Å². The minimum atomic E-state index is 0. The highest BCUT2D eigenvalue weighted by atomic mass is 35.5. The number of rotatable bonds is 2. The second kappa shape index (κ2) is 5.49. The van der Waals surface area contributed by atoms with Gasteiger partial charge in [0.25, 0.3) is 5.91 Å². The molecule has 1 unspecified atom stereocenters. The number of likely N-dealkylation sites (tertiary alicyclic amines) is 1. The fourth-order valence-corrected chi connectivity index (χ4v) is 2.38. The van der Waals surface area contributed by atoms with Crippen LogP contribution in [0.1, 0.15) is 16.8 Å². The number of hydrogen-bond acceptors (Lipinski definition) is 3. The van der Waals surface area contributed by atoms with E-state index >= 15 is 0 Å². The van der Waals surface area contributed by atoms with Gasteiger partial charge in [0.1, 0.15) is 0 Å². The molecule has 1 aromatic rings. The van der Waals surface area contributed by atoms with Gasteiger partial charge in [0.2, 0.25) is 0 Å². The lowest BCUT2D eigenvalue weighted by Gasteiger charge is -2.15. The number of likely N-dealkylation sites (N-methyl/N-ethyl adjacent to an activating group) is 1. The Morgan fingerprint density at radius 2 is 2.47 bits per heavy atom. The minimum absolute atomic E-state index is 0. The van der Waals surface area contributed by atoms with Gasteiger partial charge in [-0.3, -0.25) is 4.79 Å². The first-order valence-electron chi connectivity index (χ1n) is 4.80. The molecule has 5 heteroatoms. The normalized spacial score (nSPS) is 20.1. The van der Waals surface area contributed by atoms with Gasteiger partial charge in [-0.15, -0.1) is 12.4 Å². The first-order chi connectivity index (χ1) is 6.81. The van der Waals surface area contributed by atoms with Crippen LogP contribution in [0.5, 0.6) is 0 Å². The summed E-state index contributed by atoms with van der Waals surface area (Å²) in [4.78, 5) is 13.8. The predicted octanol–water partition coefficient (Wildman–Crippen LogP) is 1.60. The lowest BCUT2D eigenvalue weighted by atomic mass is 10.3. The molecule has 0 aliphatic carbocycles. The Balaban J connectivity index is 0.00000112. The lowest BCUT2D eigenvalue weighted by Crippen LogP contribution is -2.33. The molecule has 0 spiro atoms. The average molecular weight is 247 g/mol. The van der Waals surface area contributed by atoms with E-state index in [2.05, 4.69) is 5.32 Å². The van der Waals surface area contributed by atoms with Crippen LogP contribution < -0.4 is 5.32 Å². The van der Waals surface area contributed by atoms with E-state index in [9.17, 15) is 4.79 Å². The third kappa shape index (κ3) is 2.71. The smallest absolute Gasteiger partial charge is 0.254 e. The van der Waals surface area contributed by atoms with E-state index in [4.69, 9.17) is 0 Å². The summed E-state index contributed by atoms with van der Waals surface area (Å²) < 4.78 is 0. The van der Waals surface area contributed by atoms with E-state index in [0.717, 1.165) is 25.1 Å². The SMILES string of the molecule is CNC1CCN(C(=O)c2ccsc2)C1.Cl. The van der Waals surface area contributed by atoms with Gasteiger partial charge in [0, 0.05) is 24.5 Å². The van der Waals surface area contributed by atoms with Crippen LogP contribution in [-0.2, 0) is 0 Å². The molecule has 1 atom stereocenters. The Hall–Kier alpha value is -0.580. The predicted molar refractivity (Wildman–Crippen MR) is 64.9 cm³/mol. The number of carbonyl (C=O) groups is 1. The topological polar surface area (TPSA) is 32.3 Å². The van der Waals surface area contributed by atoms with E-state index in [1.165, 1.54) is 0 Å². The van der Waals surface area contributed by atoms with Crippen LogP contribution >= 0.6 is 23.7 Å². The molecule has 0 bridgehead atoms. The van der Waals surface area contributed by atoms with Gasteiger partial charge < -0.3 is 10.2 Å². The third-order valence-electron chi connectivity index (χ3n) is 2.65. The highest BCUT2D eigenvalue weighted by Gasteiger charge is 2.25. The van der Waals surface area contributed by atoms with E-state index < -0.39 is 0 Å². The van der Waals surface area contributed by atoms with Crippen LogP contribution in [0.25, 0.3) is 0 Å². The molecular formula is C10H15ClN2OS. The molecule has 0 radical (unpaired) electrons. The van der Waals surface area contributed by atoms with Crippen molar-refractivity contribution in [3.8, 4) is 0 Å². The summed E-state index contributed by atoms with van der Waals surface area (Å²) in [7, 11) is 1.95. The first-order valence-corrected chi connectivity index (χ1v) is 5.74. The number of nitrogens with zero attached hydrogens (tertiary/aromatic N) is 1. The Labute approximate surface area is 99.9 Å². The number of amides is 1. The van der Waals surface area contributed by atoms with Gasteiger partial charge in [-0.1, -0.05) is 0 Å². The van der Waals surface area contributed by atoms with Crippen LogP contribution in [0.2, 0.25) is 0 Å². The maximum absolute atomic E-state index is 11.9. The molecule has 1 saturated heterocycles. The van der Waals surface area contributed by atoms with Crippen LogP contribution in [-0.4, -0.2) is 37.0 Å². The van der Waals surface area contributed by atoms with Gasteiger partial charge >= 0.3 is 0 Å². The summed E-state index contributed by atoms with van der Waals surface area (Å²) in [6, 6.07) is 2.36. The summed E-state index contributed by atoms with van der Waals surface area (Å²) in [5, 5.41) is 7.06. The molecule has 2 rings (SSSR count). The molecule has 0 saturated carbocycles. The summed E-state index contributed by atoms with van der Waals surface area (Å²) in [6.45, 7) is 1.71. The second-order valence-corrected chi connectivity index (χ2v) is 4.32. The molecule has 15 heavy (non-hydrogen) atoms. The van der Waals surface area contributed by atoms with E-state index in [1.54, 1.807) is 11.3 Å². The minimum Gasteiger partial charge on any atom is -0.337 e. The molecule has 1 aliphatic heterocycles. The van der Waals surface area contributed by atoms with Gasteiger partial charge in [-0.05, 0) is 24.9 Å². The Morgan fingerprint density at radius 3 is 3.00 bits per heavy atom. The fourth-order valence-electron chi connectivity index (χ4n) is 1.75. The van der Waals surface area contributed by atoms with E-state index in [-0.39, 0.29) is 18.3 Å². The molecule has 1 amide bonds. The Bertz CT molecular complexity index is 315. The van der Waals surface area contributed by atoms with Crippen molar-refractivity contribution in [2.24, 2.45) is 0 Å². The fraction of sp³-hybridized carbons (Fsp3) is 0.500. The summed E-state index contributed by atoms with van der Waals surface area (Å²) in [5.74, 6) is 0.170. The van der Waals surface area contributed by atoms with Crippen molar-refractivity contribution in [2.45, 2.75) is 12.5 Å². The number of nitrogens with one attached hydrogen (secondary N) is 1. The zero-order chi connectivity index (χ0) is 9.97. The largest absolute Gasteiger partial charge is 0.337 e. The third-order valence-corrected chi connectivity index (χ3v) is 3.34. The zero-order valence-corrected chi connectivity index (χ0v) is 10.2. The van der Waals surface area contributed by atoms with Gasteiger partial charge in [0.15, 0.2) is 0 Å². The molecule has 2 heterocycles. The number of thiophene rings is 1. The number of carbonyl (C=O) groups excluding carboxylic acids is 1.